The van der Waals surface area contributed by atoms with E-state index in [-0.39, 0.29) is 18.4 Å². The van der Waals surface area contributed by atoms with Gasteiger partial charge in [-0.25, -0.2) is 0 Å². The summed E-state index contributed by atoms with van der Waals surface area (Å²) in [6.45, 7) is 5.12. The number of rotatable bonds is 10. The summed E-state index contributed by atoms with van der Waals surface area (Å²) in [5, 5.41) is 8.69. The van der Waals surface area contributed by atoms with Gasteiger partial charge in [0.2, 0.25) is 5.91 Å². The van der Waals surface area contributed by atoms with Crippen LogP contribution in [0.3, 0.4) is 0 Å². The largest absolute Gasteiger partial charge is 0.491 e. The molecule has 0 saturated carbocycles. The van der Waals surface area contributed by atoms with Crippen LogP contribution in [0, 0.1) is 5.92 Å². The van der Waals surface area contributed by atoms with Gasteiger partial charge < -0.3 is 25.1 Å². The summed E-state index contributed by atoms with van der Waals surface area (Å²) in [4.78, 5) is 24.7. The maximum Gasteiger partial charge on any atom is 0.251 e. The van der Waals surface area contributed by atoms with Gasteiger partial charge in [0.25, 0.3) is 5.91 Å². The van der Waals surface area contributed by atoms with E-state index in [1.807, 2.05) is 24.3 Å². The van der Waals surface area contributed by atoms with Crippen molar-refractivity contribution < 1.29 is 18.7 Å². The van der Waals surface area contributed by atoms with Crippen LogP contribution in [0.1, 0.15) is 30.0 Å². The molecule has 1 heterocycles. The van der Waals surface area contributed by atoms with Crippen LogP contribution in [-0.4, -0.2) is 25.0 Å². The molecule has 0 aliphatic heterocycles. The summed E-state index contributed by atoms with van der Waals surface area (Å²) >= 11 is 0. The molecule has 0 spiro atoms. The van der Waals surface area contributed by atoms with Gasteiger partial charge in [-0.1, -0.05) is 32.0 Å². The molecule has 7 nitrogen and oxygen atoms in total. The Morgan fingerprint density at radius 3 is 2.65 bits per heavy atom. The number of furan rings is 1. The number of para-hydroxylation sites is 2. The van der Waals surface area contributed by atoms with Crippen LogP contribution in [0.15, 0.2) is 71.3 Å². The zero-order valence-corrected chi connectivity index (χ0v) is 17.7. The Hall–Kier alpha value is -3.74. The molecule has 7 heteroatoms. The van der Waals surface area contributed by atoms with Crippen LogP contribution >= 0.6 is 0 Å². The van der Waals surface area contributed by atoms with Gasteiger partial charge in [-0.15, -0.1) is 0 Å². The quantitative estimate of drug-likeness (QED) is 0.454. The van der Waals surface area contributed by atoms with Crippen LogP contribution in [-0.2, 0) is 11.3 Å². The fourth-order valence-corrected chi connectivity index (χ4v) is 2.80. The Labute approximate surface area is 181 Å². The first-order chi connectivity index (χ1) is 15.0. The van der Waals surface area contributed by atoms with E-state index in [0.717, 1.165) is 5.69 Å². The molecule has 1 aromatic heterocycles. The third-order valence-corrected chi connectivity index (χ3v) is 4.31. The first-order valence-corrected chi connectivity index (χ1v) is 10.2. The molecule has 2 amide bonds. The first-order valence-electron chi connectivity index (χ1n) is 10.2. The van der Waals surface area contributed by atoms with Crippen LogP contribution in [0.2, 0.25) is 0 Å². The molecule has 2 aromatic carbocycles. The summed E-state index contributed by atoms with van der Waals surface area (Å²) in [5.41, 5.74) is 1.75. The SMILES string of the molecule is CC(C)COc1ccccc1NCC(=O)Nc1cccc(C(=O)NCc2ccco2)c1. The normalized spacial score (nSPS) is 10.5. The number of carbonyl (C=O) groups is 2. The highest BCUT2D eigenvalue weighted by Crippen LogP contribution is 2.24. The minimum atomic E-state index is -0.248. The van der Waals surface area contributed by atoms with Gasteiger partial charge in [-0.2, -0.15) is 0 Å². The lowest BCUT2D eigenvalue weighted by molar-refractivity contribution is -0.114. The van der Waals surface area contributed by atoms with E-state index in [4.69, 9.17) is 9.15 Å². The van der Waals surface area contributed by atoms with E-state index in [2.05, 4.69) is 29.8 Å². The van der Waals surface area contributed by atoms with Crippen molar-refractivity contribution in [2.24, 2.45) is 5.92 Å². The number of benzene rings is 2. The minimum Gasteiger partial charge on any atom is -0.491 e. The van der Waals surface area contributed by atoms with Crippen molar-refractivity contribution in [3.05, 3.63) is 78.3 Å². The topological polar surface area (TPSA) is 92.6 Å². The van der Waals surface area contributed by atoms with E-state index >= 15 is 0 Å². The third-order valence-electron chi connectivity index (χ3n) is 4.31. The number of hydrogen-bond donors (Lipinski definition) is 3. The monoisotopic (exact) mass is 421 g/mol. The first kappa shape index (κ1) is 22.0. The molecule has 0 aliphatic carbocycles. The predicted molar refractivity (Wildman–Crippen MR) is 120 cm³/mol. The lowest BCUT2D eigenvalue weighted by atomic mass is 10.2. The predicted octanol–water partition coefficient (Wildman–Crippen LogP) is 4.30. The van der Waals surface area contributed by atoms with E-state index in [0.29, 0.717) is 41.8 Å². The molecular formula is C24H27N3O4. The second kappa shape index (κ2) is 10.9. The lowest BCUT2D eigenvalue weighted by Crippen LogP contribution is -2.24. The highest BCUT2D eigenvalue weighted by Gasteiger charge is 2.10. The van der Waals surface area contributed by atoms with Crippen LogP contribution in [0.5, 0.6) is 5.75 Å². The molecule has 0 fully saturated rings. The van der Waals surface area contributed by atoms with Crippen molar-refractivity contribution in [1.82, 2.24) is 5.32 Å². The Bertz CT molecular complexity index is 1000. The number of amides is 2. The van der Waals surface area contributed by atoms with Crippen LogP contribution < -0.4 is 20.7 Å². The highest BCUT2D eigenvalue weighted by molar-refractivity contribution is 5.98. The molecule has 0 radical (unpaired) electrons. The van der Waals surface area contributed by atoms with E-state index in [9.17, 15) is 9.59 Å². The van der Waals surface area contributed by atoms with Gasteiger partial charge in [-0.05, 0) is 48.4 Å². The number of nitrogens with one attached hydrogen (secondary N) is 3. The van der Waals surface area contributed by atoms with Gasteiger partial charge in [-0.3, -0.25) is 9.59 Å². The number of hydrogen-bond acceptors (Lipinski definition) is 5. The van der Waals surface area contributed by atoms with Crippen LogP contribution in [0.4, 0.5) is 11.4 Å². The fraction of sp³-hybridized carbons (Fsp3) is 0.250. The Morgan fingerprint density at radius 2 is 1.87 bits per heavy atom. The maximum atomic E-state index is 12.4. The summed E-state index contributed by atoms with van der Waals surface area (Å²) in [6, 6.07) is 17.8. The standard InChI is InChI=1S/C24H27N3O4/c1-17(2)16-31-22-11-4-3-10-21(22)25-15-23(28)27-19-8-5-7-18(13-19)24(29)26-14-20-9-6-12-30-20/h3-13,17,25H,14-16H2,1-2H3,(H,26,29)(H,27,28). The molecule has 162 valence electrons. The van der Waals surface area contributed by atoms with E-state index < -0.39 is 0 Å². The molecule has 31 heavy (non-hydrogen) atoms. The van der Waals surface area contributed by atoms with Crippen molar-refractivity contribution in [1.29, 1.82) is 0 Å². The van der Waals surface area contributed by atoms with Crippen molar-refractivity contribution in [3.63, 3.8) is 0 Å². The summed E-state index contributed by atoms with van der Waals surface area (Å²) in [6.07, 6.45) is 1.56. The number of anilines is 2. The molecule has 0 saturated heterocycles. The molecule has 3 rings (SSSR count). The zero-order valence-electron chi connectivity index (χ0n) is 17.7. The Balaban J connectivity index is 1.53. The summed E-state index contributed by atoms with van der Waals surface area (Å²) < 4.78 is 11.0. The van der Waals surface area contributed by atoms with Gasteiger partial charge in [0.1, 0.15) is 11.5 Å². The Kier molecular flexibility index (Phi) is 7.70. The summed E-state index contributed by atoms with van der Waals surface area (Å²) in [7, 11) is 0. The van der Waals surface area contributed by atoms with Crippen molar-refractivity contribution in [3.8, 4) is 5.75 Å². The van der Waals surface area contributed by atoms with Gasteiger partial charge in [0, 0.05) is 11.3 Å². The fourth-order valence-electron chi connectivity index (χ4n) is 2.80. The zero-order chi connectivity index (χ0) is 22.1. The molecule has 3 N–H and O–H groups in total. The second-order valence-corrected chi connectivity index (χ2v) is 7.45. The smallest absolute Gasteiger partial charge is 0.251 e. The lowest BCUT2D eigenvalue weighted by Gasteiger charge is -2.14. The molecule has 3 aromatic rings. The third kappa shape index (κ3) is 6.92. The molecule has 0 unspecified atom stereocenters. The average molecular weight is 421 g/mol. The highest BCUT2D eigenvalue weighted by atomic mass is 16.5. The number of ether oxygens (including phenoxy) is 1. The van der Waals surface area contributed by atoms with E-state index in [1.54, 1.807) is 42.7 Å². The minimum absolute atomic E-state index is 0.0664. The van der Waals surface area contributed by atoms with Gasteiger partial charge >= 0.3 is 0 Å². The van der Waals surface area contributed by atoms with Crippen LogP contribution in [0.25, 0.3) is 0 Å². The van der Waals surface area contributed by atoms with Crippen molar-refractivity contribution >= 4 is 23.2 Å². The van der Waals surface area contributed by atoms with Gasteiger partial charge in [0.05, 0.1) is 31.6 Å². The second-order valence-electron chi connectivity index (χ2n) is 7.45. The molecule has 0 aliphatic rings. The molecular weight excluding hydrogens is 394 g/mol. The maximum absolute atomic E-state index is 12.4. The Morgan fingerprint density at radius 1 is 1.03 bits per heavy atom. The number of carbonyl (C=O) groups excluding carboxylic acids is 2. The summed E-state index contributed by atoms with van der Waals surface area (Å²) in [5.74, 6) is 1.30. The van der Waals surface area contributed by atoms with Gasteiger partial charge in [0.15, 0.2) is 0 Å². The van der Waals surface area contributed by atoms with E-state index in [1.165, 1.54) is 0 Å². The van der Waals surface area contributed by atoms with Crippen molar-refractivity contribution in [2.45, 2.75) is 20.4 Å². The molecule has 0 atom stereocenters. The average Bonchev–Trinajstić information content (AvgIpc) is 3.29. The molecule has 0 bridgehead atoms. The van der Waals surface area contributed by atoms with Crippen molar-refractivity contribution in [2.75, 3.05) is 23.8 Å².